The molecule has 0 fully saturated rings. The predicted octanol–water partition coefficient (Wildman–Crippen LogP) is 16.4. The normalized spacial score (nSPS) is 12.8. The molecule has 0 bridgehead atoms. The zero-order chi connectivity index (χ0) is 45.5. The molecule has 3 heterocycles. The van der Waals surface area contributed by atoms with Crippen molar-refractivity contribution in [2.75, 3.05) is 0 Å². The minimum atomic E-state index is -0.510. The summed E-state index contributed by atoms with van der Waals surface area (Å²) in [7, 11) is 0. The van der Waals surface area contributed by atoms with Crippen LogP contribution in [0.25, 0.3) is 111 Å². The van der Waals surface area contributed by atoms with Gasteiger partial charge in [0, 0.05) is 38.2 Å². The molecule has 0 aliphatic heterocycles. The zero-order valence-electron chi connectivity index (χ0n) is 37.2. The van der Waals surface area contributed by atoms with E-state index in [1.807, 2.05) is 54.6 Å². The van der Waals surface area contributed by atoms with Crippen molar-refractivity contribution >= 4 is 43.9 Å². The van der Waals surface area contributed by atoms with E-state index in [1.54, 1.807) is 0 Å². The molecule has 322 valence electrons. The van der Waals surface area contributed by atoms with E-state index in [-0.39, 0.29) is 0 Å². The summed E-state index contributed by atoms with van der Waals surface area (Å²) in [5.74, 6) is 1.68. The Hall–Kier alpha value is -9.19. The monoisotopic (exact) mass is 881 g/mol. The summed E-state index contributed by atoms with van der Waals surface area (Å²) in [4.78, 5) is 16.1. The molecule has 14 rings (SSSR count). The average molecular weight is 882 g/mol. The Morgan fingerprint density at radius 3 is 1.42 bits per heavy atom. The van der Waals surface area contributed by atoms with Gasteiger partial charge in [-0.1, -0.05) is 200 Å². The molecule has 0 saturated carbocycles. The number of furan rings is 2. The van der Waals surface area contributed by atoms with E-state index in [9.17, 15) is 0 Å². The van der Waals surface area contributed by atoms with Crippen LogP contribution in [0.3, 0.4) is 0 Å². The van der Waals surface area contributed by atoms with Gasteiger partial charge in [0.15, 0.2) is 17.5 Å². The van der Waals surface area contributed by atoms with E-state index in [0.717, 1.165) is 82.8 Å². The van der Waals surface area contributed by atoms with Gasteiger partial charge in [0.05, 0.1) is 5.41 Å². The molecule has 10 aromatic carbocycles. The van der Waals surface area contributed by atoms with Crippen LogP contribution in [0.15, 0.2) is 245 Å². The third kappa shape index (κ3) is 6.00. The van der Waals surface area contributed by atoms with Gasteiger partial charge in [-0.3, -0.25) is 0 Å². The van der Waals surface area contributed by atoms with Crippen LogP contribution in [0.4, 0.5) is 0 Å². The van der Waals surface area contributed by atoms with Crippen LogP contribution in [0, 0.1) is 0 Å². The summed E-state index contributed by atoms with van der Waals surface area (Å²) in [5, 5.41) is 3.89. The highest BCUT2D eigenvalue weighted by Gasteiger charge is 2.46. The summed E-state index contributed by atoms with van der Waals surface area (Å²) >= 11 is 0. The second-order valence-electron chi connectivity index (χ2n) is 17.8. The number of nitrogens with zero attached hydrogens (tertiary/aromatic N) is 3. The molecule has 0 amide bonds. The predicted molar refractivity (Wildman–Crippen MR) is 279 cm³/mol. The third-order valence-electron chi connectivity index (χ3n) is 14.1. The Labute approximate surface area is 397 Å². The smallest absolute Gasteiger partial charge is 0.164 e. The number of para-hydroxylation sites is 1. The minimum absolute atomic E-state index is 0.510. The molecule has 0 atom stereocenters. The number of rotatable bonds is 7. The lowest BCUT2D eigenvalue weighted by atomic mass is 9.67. The zero-order valence-corrected chi connectivity index (χ0v) is 37.2. The van der Waals surface area contributed by atoms with Gasteiger partial charge in [-0.25, -0.2) is 15.0 Å². The number of aromatic nitrogens is 3. The van der Waals surface area contributed by atoms with E-state index in [1.165, 1.54) is 33.4 Å². The first kappa shape index (κ1) is 39.0. The van der Waals surface area contributed by atoms with Gasteiger partial charge >= 0.3 is 0 Å². The van der Waals surface area contributed by atoms with Crippen LogP contribution in [-0.2, 0) is 5.41 Å². The van der Waals surface area contributed by atoms with E-state index >= 15 is 0 Å². The van der Waals surface area contributed by atoms with E-state index in [0.29, 0.717) is 17.5 Å². The molecular weight excluding hydrogens is 843 g/mol. The second-order valence-corrected chi connectivity index (χ2v) is 17.8. The Bertz CT molecular complexity index is 4100. The van der Waals surface area contributed by atoms with E-state index in [4.69, 9.17) is 23.8 Å². The van der Waals surface area contributed by atoms with Crippen molar-refractivity contribution in [2.24, 2.45) is 0 Å². The minimum Gasteiger partial charge on any atom is -0.456 e. The molecule has 0 unspecified atom stereocenters. The quantitative estimate of drug-likeness (QED) is 0.160. The van der Waals surface area contributed by atoms with Crippen molar-refractivity contribution in [3.8, 4) is 67.5 Å². The Balaban J connectivity index is 0.985. The molecule has 3 aromatic heterocycles. The van der Waals surface area contributed by atoms with Crippen molar-refractivity contribution in [1.29, 1.82) is 0 Å². The second kappa shape index (κ2) is 15.4. The fourth-order valence-corrected chi connectivity index (χ4v) is 11.1. The number of fused-ring (bicyclic) bond motifs is 9. The van der Waals surface area contributed by atoms with Gasteiger partial charge in [-0.05, 0) is 92.0 Å². The molecular formula is C64H39N3O2. The van der Waals surface area contributed by atoms with Gasteiger partial charge in [0.1, 0.15) is 22.3 Å². The van der Waals surface area contributed by atoms with Crippen molar-refractivity contribution in [3.63, 3.8) is 0 Å². The molecule has 5 heteroatoms. The highest BCUT2D eigenvalue weighted by Crippen LogP contribution is 2.57. The Morgan fingerprint density at radius 2 is 0.739 bits per heavy atom. The summed E-state index contributed by atoms with van der Waals surface area (Å²) < 4.78 is 13.1. The molecule has 13 aromatic rings. The SMILES string of the molecule is c1ccc(-c2ccccc2-c2nc(-c3cccc4oc5ccccc5c34)nc(-c3cccc4oc5ccc(-c6ccc7c(c6)C(c6ccccc6)(c6ccccc6)c6ccccc6-7)cc5c34)n2)cc1. The number of hydrogen-bond acceptors (Lipinski definition) is 5. The van der Waals surface area contributed by atoms with Crippen LogP contribution in [0.5, 0.6) is 0 Å². The van der Waals surface area contributed by atoms with Crippen LogP contribution >= 0.6 is 0 Å². The van der Waals surface area contributed by atoms with Crippen molar-refractivity contribution in [2.45, 2.75) is 5.41 Å². The maximum Gasteiger partial charge on any atom is 0.164 e. The summed E-state index contributed by atoms with van der Waals surface area (Å²) in [6.45, 7) is 0. The lowest BCUT2D eigenvalue weighted by molar-refractivity contribution is 0.668. The number of hydrogen-bond donors (Lipinski definition) is 0. The lowest BCUT2D eigenvalue weighted by Crippen LogP contribution is -2.28. The van der Waals surface area contributed by atoms with Crippen LogP contribution in [0.1, 0.15) is 22.3 Å². The fraction of sp³-hybridized carbons (Fsp3) is 0.0156. The van der Waals surface area contributed by atoms with Crippen molar-refractivity contribution in [1.82, 2.24) is 15.0 Å². The first-order chi connectivity index (χ1) is 34.2. The lowest BCUT2D eigenvalue weighted by Gasteiger charge is -2.34. The molecule has 69 heavy (non-hydrogen) atoms. The standard InChI is InChI=1S/C64H39N3O2/c1-4-18-40(19-5-1)45-24-10-11-26-48(45)61-65-62(50-28-16-32-57-59(50)49-27-13-15-31-55(49)68-57)67-63(66-61)51-29-17-33-58-60(51)52-38-41(35-37-56(52)69-58)42-34-36-47-46-25-12-14-30-53(46)64(54(47)39-42,43-20-6-2-7-21-43)44-22-8-3-9-23-44/h1-39H. The van der Waals surface area contributed by atoms with Crippen molar-refractivity contribution in [3.05, 3.63) is 259 Å². The maximum absolute atomic E-state index is 6.69. The maximum atomic E-state index is 6.69. The number of benzene rings is 10. The molecule has 0 N–H and O–H groups in total. The Morgan fingerprint density at radius 1 is 0.275 bits per heavy atom. The van der Waals surface area contributed by atoms with Crippen LogP contribution < -0.4 is 0 Å². The van der Waals surface area contributed by atoms with Gasteiger partial charge < -0.3 is 8.83 Å². The van der Waals surface area contributed by atoms with Crippen molar-refractivity contribution < 1.29 is 8.83 Å². The van der Waals surface area contributed by atoms with Gasteiger partial charge in [0.2, 0.25) is 0 Å². The first-order valence-electron chi connectivity index (χ1n) is 23.3. The van der Waals surface area contributed by atoms with Crippen LogP contribution in [-0.4, -0.2) is 15.0 Å². The molecule has 5 nitrogen and oxygen atoms in total. The summed E-state index contributed by atoms with van der Waals surface area (Å²) in [6, 6.07) is 83.4. The largest absolute Gasteiger partial charge is 0.456 e. The van der Waals surface area contributed by atoms with Crippen LogP contribution in [0.2, 0.25) is 0 Å². The molecule has 1 aliphatic carbocycles. The van der Waals surface area contributed by atoms with Gasteiger partial charge in [-0.15, -0.1) is 0 Å². The molecule has 0 saturated heterocycles. The molecule has 1 aliphatic rings. The van der Waals surface area contributed by atoms with Gasteiger partial charge in [-0.2, -0.15) is 0 Å². The summed E-state index contributed by atoms with van der Waals surface area (Å²) in [5.41, 5.74) is 17.1. The first-order valence-corrected chi connectivity index (χ1v) is 23.3. The highest BCUT2D eigenvalue weighted by molar-refractivity contribution is 6.14. The summed E-state index contributed by atoms with van der Waals surface area (Å²) in [6.07, 6.45) is 0. The molecule has 0 radical (unpaired) electrons. The fourth-order valence-electron chi connectivity index (χ4n) is 11.1. The van der Waals surface area contributed by atoms with Gasteiger partial charge in [0.25, 0.3) is 0 Å². The molecule has 0 spiro atoms. The Kier molecular flexibility index (Phi) is 8.73. The van der Waals surface area contributed by atoms with E-state index < -0.39 is 5.41 Å². The third-order valence-corrected chi connectivity index (χ3v) is 14.1. The highest BCUT2D eigenvalue weighted by atomic mass is 16.3. The average Bonchev–Trinajstić information content (AvgIpc) is 4.09. The van der Waals surface area contributed by atoms with E-state index in [2.05, 4.69) is 182 Å². The topological polar surface area (TPSA) is 65.0 Å².